The number of likely N-dealkylation sites (N-methyl/N-ethyl adjacent to an activating group) is 1. The van der Waals surface area contributed by atoms with Gasteiger partial charge in [0.15, 0.2) is 0 Å². The number of allylic oxidation sites excluding steroid dienone is 11. The Hall–Kier alpha value is -2.06. The van der Waals surface area contributed by atoms with Gasteiger partial charge in [-0.05, 0) is 83.5 Å². The van der Waals surface area contributed by atoms with E-state index in [9.17, 15) is 19.4 Å². The van der Waals surface area contributed by atoms with Gasteiger partial charge in [0, 0.05) is 6.42 Å². The first kappa shape index (κ1) is 79.9. The molecule has 0 aromatic carbocycles. The van der Waals surface area contributed by atoms with E-state index in [1.54, 1.807) is 6.08 Å². The summed E-state index contributed by atoms with van der Waals surface area (Å²) in [5.74, 6) is -0.207. The van der Waals surface area contributed by atoms with Crippen LogP contribution in [-0.2, 0) is 18.4 Å². The van der Waals surface area contributed by atoms with Crippen LogP contribution < -0.4 is 10.2 Å². The quantitative estimate of drug-likeness (QED) is 0.0272. The molecule has 0 saturated carbocycles. The van der Waals surface area contributed by atoms with Crippen molar-refractivity contribution in [1.29, 1.82) is 0 Å². The average Bonchev–Trinajstić information content (AvgIpc) is 3.45. The summed E-state index contributed by atoms with van der Waals surface area (Å²) in [5.41, 5.74) is 0. The summed E-state index contributed by atoms with van der Waals surface area (Å²) >= 11 is 0. The average molecular weight is 1170 g/mol. The number of carbonyl (C=O) groups is 1. The number of aliphatic hydroxyl groups excluding tert-OH is 1. The van der Waals surface area contributed by atoms with Gasteiger partial charge < -0.3 is 28.8 Å². The zero-order chi connectivity index (χ0) is 59.8. The van der Waals surface area contributed by atoms with Gasteiger partial charge in [0.25, 0.3) is 7.82 Å². The van der Waals surface area contributed by atoms with Gasteiger partial charge in [-0.15, -0.1) is 0 Å². The molecule has 0 spiro atoms. The third kappa shape index (κ3) is 65.5. The molecule has 0 aromatic heterocycles. The molecule has 0 radical (unpaired) electrons. The van der Waals surface area contributed by atoms with E-state index in [1.807, 2.05) is 27.2 Å². The lowest BCUT2D eigenvalue weighted by molar-refractivity contribution is -0.870. The number of rotatable bonds is 65. The molecular weight excluding hydrogens is 1030 g/mol. The number of amides is 1. The minimum atomic E-state index is -4.62. The van der Waals surface area contributed by atoms with E-state index in [-0.39, 0.29) is 12.5 Å². The van der Waals surface area contributed by atoms with Gasteiger partial charge in [0.05, 0.1) is 39.9 Å². The van der Waals surface area contributed by atoms with Crippen LogP contribution in [0.4, 0.5) is 0 Å². The van der Waals surface area contributed by atoms with Crippen LogP contribution in [0.1, 0.15) is 335 Å². The number of phosphoric ester groups is 1. The number of aliphatic hydroxyl groups is 1. The maximum Gasteiger partial charge on any atom is 0.268 e. The number of quaternary nitrogens is 1. The first-order valence-electron chi connectivity index (χ1n) is 35.3. The third-order valence-corrected chi connectivity index (χ3v) is 16.8. The number of hydrogen-bond acceptors (Lipinski definition) is 6. The van der Waals surface area contributed by atoms with Crippen LogP contribution in [0.25, 0.3) is 0 Å². The van der Waals surface area contributed by atoms with Crippen molar-refractivity contribution in [3.05, 3.63) is 72.9 Å². The normalized spacial score (nSPS) is 14.1. The molecule has 0 fully saturated rings. The van der Waals surface area contributed by atoms with E-state index < -0.39 is 26.6 Å². The Kier molecular flexibility index (Phi) is 61.8. The van der Waals surface area contributed by atoms with Crippen molar-refractivity contribution in [3.63, 3.8) is 0 Å². The first-order chi connectivity index (χ1) is 40.0. The number of unbranched alkanes of at least 4 members (excludes halogenated alkanes) is 42. The maximum absolute atomic E-state index is 13.0. The zero-order valence-electron chi connectivity index (χ0n) is 54.9. The molecule has 2 N–H and O–H groups in total. The summed E-state index contributed by atoms with van der Waals surface area (Å²) in [5, 5.41) is 13.9. The maximum atomic E-state index is 13.0. The Balaban J connectivity index is 4.08. The van der Waals surface area contributed by atoms with E-state index in [2.05, 4.69) is 79.9 Å². The largest absolute Gasteiger partial charge is 0.756 e. The van der Waals surface area contributed by atoms with Crippen LogP contribution in [0.15, 0.2) is 72.9 Å². The molecule has 0 rings (SSSR count). The molecule has 0 bridgehead atoms. The molecule has 1 amide bonds. The highest BCUT2D eigenvalue weighted by Gasteiger charge is 2.23. The molecule has 0 saturated heterocycles. The van der Waals surface area contributed by atoms with E-state index >= 15 is 0 Å². The standard InChI is InChI=1S/C73H137N2O6P/c1-6-8-10-12-14-16-18-20-22-24-26-28-30-32-33-34-35-36-37-38-39-40-41-43-45-47-49-51-53-55-57-59-61-63-65-67-73(77)74-71(70-81-82(78,79)80-69-68-75(3,4)5)72(76)66-64-62-60-58-56-54-52-50-48-46-44-42-31-29-27-25-23-21-19-17-15-13-11-9-7-2/h18,20,24,26,30,32,48,50,56,58,64,66,71-72,76H,6-17,19,21-23,25,27-29,31,33-47,49,51-55,57,59-63,65,67-70H2,1-5H3,(H-,74,77,78,79)/b20-18-,26-24-,32-30-,50-48+,58-56+,66-64+. The van der Waals surface area contributed by atoms with Crippen molar-refractivity contribution < 1.29 is 32.9 Å². The highest BCUT2D eigenvalue weighted by atomic mass is 31.2. The van der Waals surface area contributed by atoms with Gasteiger partial charge >= 0.3 is 0 Å². The SMILES string of the molecule is CCCCCCC/C=C\C/C=C\C/C=C\CCCCCCCCCCCCCCCCCCCCCCC(=O)NC(COP(=O)([O-])OCC[N+](C)(C)C)C(O)/C=C/CC/C=C/CC/C=C/CCCCCCCCCCCCCCCCC. The number of nitrogens with one attached hydrogen (secondary N) is 1. The Bertz CT molecular complexity index is 1570. The minimum absolute atomic E-state index is 0.00962. The van der Waals surface area contributed by atoms with Gasteiger partial charge in [-0.3, -0.25) is 9.36 Å². The van der Waals surface area contributed by atoms with Crippen molar-refractivity contribution in [2.45, 2.75) is 347 Å². The van der Waals surface area contributed by atoms with Crippen molar-refractivity contribution in [3.8, 4) is 0 Å². The van der Waals surface area contributed by atoms with Gasteiger partial charge in [-0.25, -0.2) is 0 Å². The molecular formula is C73H137N2O6P. The molecule has 0 aliphatic carbocycles. The predicted molar refractivity (Wildman–Crippen MR) is 357 cm³/mol. The van der Waals surface area contributed by atoms with E-state index in [0.29, 0.717) is 17.4 Å². The zero-order valence-corrected chi connectivity index (χ0v) is 55.8. The van der Waals surface area contributed by atoms with E-state index in [4.69, 9.17) is 9.05 Å². The lowest BCUT2D eigenvalue weighted by Crippen LogP contribution is -2.45. The van der Waals surface area contributed by atoms with Crippen LogP contribution >= 0.6 is 7.82 Å². The van der Waals surface area contributed by atoms with Gasteiger partial charge in [-0.2, -0.15) is 0 Å². The summed E-state index contributed by atoms with van der Waals surface area (Å²) in [7, 11) is 1.24. The summed E-state index contributed by atoms with van der Waals surface area (Å²) in [6, 6.07) is -0.913. The van der Waals surface area contributed by atoms with Crippen molar-refractivity contribution in [1.82, 2.24) is 5.32 Å². The van der Waals surface area contributed by atoms with Gasteiger partial charge in [0.2, 0.25) is 5.91 Å². The molecule has 0 aliphatic rings. The Morgan fingerprint density at radius 3 is 1.07 bits per heavy atom. The summed E-state index contributed by atoms with van der Waals surface area (Å²) < 4.78 is 23.4. The number of hydrogen-bond donors (Lipinski definition) is 2. The molecule has 0 heterocycles. The summed E-state index contributed by atoms with van der Waals surface area (Å²) in [6.07, 6.45) is 88.9. The van der Waals surface area contributed by atoms with Crippen molar-refractivity contribution in [2.24, 2.45) is 0 Å². The van der Waals surface area contributed by atoms with Crippen LogP contribution in [-0.4, -0.2) is 68.5 Å². The van der Waals surface area contributed by atoms with E-state index in [1.165, 1.54) is 257 Å². The molecule has 8 nitrogen and oxygen atoms in total. The smallest absolute Gasteiger partial charge is 0.268 e. The number of carbonyl (C=O) groups excluding carboxylic acids is 1. The molecule has 0 aliphatic heterocycles. The Morgan fingerprint density at radius 2 is 0.720 bits per heavy atom. The lowest BCUT2D eigenvalue weighted by atomic mass is 10.0. The fourth-order valence-corrected chi connectivity index (χ4v) is 11.1. The van der Waals surface area contributed by atoms with E-state index in [0.717, 1.165) is 57.8 Å². The lowest BCUT2D eigenvalue weighted by Gasteiger charge is -2.29. The summed E-state index contributed by atoms with van der Waals surface area (Å²) in [4.78, 5) is 25.6. The topological polar surface area (TPSA) is 108 Å². The van der Waals surface area contributed by atoms with Crippen molar-refractivity contribution in [2.75, 3.05) is 40.9 Å². The highest BCUT2D eigenvalue weighted by molar-refractivity contribution is 7.45. The monoisotopic (exact) mass is 1170 g/mol. The summed E-state index contributed by atoms with van der Waals surface area (Å²) in [6.45, 7) is 4.65. The molecule has 3 unspecified atom stereocenters. The predicted octanol–water partition coefficient (Wildman–Crippen LogP) is 21.9. The Morgan fingerprint density at radius 1 is 0.427 bits per heavy atom. The molecule has 480 valence electrons. The first-order valence-corrected chi connectivity index (χ1v) is 36.8. The minimum Gasteiger partial charge on any atom is -0.756 e. The van der Waals surface area contributed by atoms with Gasteiger partial charge in [-0.1, -0.05) is 318 Å². The van der Waals surface area contributed by atoms with Crippen LogP contribution in [0.3, 0.4) is 0 Å². The van der Waals surface area contributed by atoms with Crippen LogP contribution in [0.5, 0.6) is 0 Å². The van der Waals surface area contributed by atoms with Crippen LogP contribution in [0, 0.1) is 0 Å². The Labute approximate surface area is 510 Å². The fraction of sp³-hybridized carbons (Fsp3) is 0.822. The number of nitrogens with zero attached hydrogens (tertiary/aromatic N) is 1. The van der Waals surface area contributed by atoms with Crippen LogP contribution in [0.2, 0.25) is 0 Å². The molecule has 82 heavy (non-hydrogen) atoms. The second-order valence-corrected chi connectivity index (χ2v) is 26.6. The number of phosphoric acid groups is 1. The molecule has 9 heteroatoms. The molecule has 3 atom stereocenters. The van der Waals surface area contributed by atoms with Crippen molar-refractivity contribution >= 4 is 13.7 Å². The fourth-order valence-electron chi connectivity index (χ4n) is 10.4. The van der Waals surface area contributed by atoms with Gasteiger partial charge in [0.1, 0.15) is 13.2 Å². The second-order valence-electron chi connectivity index (χ2n) is 25.2. The third-order valence-electron chi connectivity index (χ3n) is 15.9. The highest BCUT2D eigenvalue weighted by Crippen LogP contribution is 2.38. The molecule has 0 aromatic rings. The second kappa shape index (κ2) is 63.4.